The fourth-order valence-electron chi connectivity index (χ4n) is 2.58. The summed E-state index contributed by atoms with van der Waals surface area (Å²) in [4.78, 5) is 0. The van der Waals surface area contributed by atoms with Gasteiger partial charge in [-0.3, -0.25) is 0 Å². The van der Waals surface area contributed by atoms with Crippen molar-refractivity contribution >= 4 is 22.6 Å². The van der Waals surface area contributed by atoms with E-state index in [2.05, 4.69) is 70.4 Å². The Morgan fingerprint density at radius 3 is 2.63 bits per heavy atom. The molecule has 0 aliphatic carbocycles. The molecule has 2 nitrogen and oxygen atoms in total. The van der Waals surface area contributed by atoms with E-state index in [0.717, 1.165) is 13.2 Å². The van der Waals surface area contributed by atoms with Gasteiger partial charge in [-0.1, -0.05) is 30.3 Å². The Labute approximate surface area is 127 Å². The molecular formula is C16H16INO. The summed E-state index contributed by atoms with van der Waals surface area (Å²) in [6.07, 6.45) is 0. The number of rotatable bonds is 3. The van der Waals surface area contributed by atoms with Crippen molar-refractivity contribution in [3.8, 4) is 0 Å². The summed E-state index contributed by atoms with van der Waals surface area (Å²) in [6.45, 7) is 1.50. The molecule has 2 aromatic carbocycles. The minimum atomic E-state index is 0.237. The predicted molar refractivity (Wildman–Crippen MR) is 85.0 cm³/mol. The molecule has 0 amide bonds. The molecule has 0 saturated heterocycles. The molecular weight excluding hydrogens is 349 g/mol. The van der Waals surface area contributed by atoms with Crippen molar-refractivity contribution in [3.05, 3.63) is 68.3 Å². The highest BCUT2D eigenvalue weighted by Crippen LogP contribution is 2.28. The molecule has 0 bridgehead atoms. The Morgan fingerprint density at radius 1 is 1.05 bits per heavy atom. The van der Waals surface area contributed by atoms with E-state index in [-0.39, 0.29) is 6.04 Å². The van der Waals surface area contributed by atoms with E-state index < -0.39 is 0 Å². The molecule has 0 radical (unpaired) electrons. The minimum absolute atomic E-state index is 0.237. The predicted octanol–water partition coefficient (Wildman–Crippen LogP) is 3.63. The first-order chi connectivity index (χ1) is 9.28. The number of hydrogen-bond donors (Lipinski definition) is 1. The largest absolute Gasteiger partial charge is 0.372 e. The van der Waals surface area contributed by atoms with Crippen LogP contribution in [0.3, 0.4) is 0 Å². The molecule has 1 unspecified atom stereocenters. The van der Waals surface area contributed by atoms with Crippen LogP contribution in [-0.2, 0) is 18.0 Å². The Kier molecular flexibility index (Phi) is 3.86. The highest BCUT2D eigenvalue weighted by atomic mass is 127. The van der Waals surface area contributed by atoms with Gasteiger partial charge in [-0.25, -0.2) is 0 Å². The summed E-state index contributed by atoms with van der Waals surface area (Å²) in [7, 11) is 2.01. The molecule has 3 rings (SSSR count). The zero-order chi connectivity index (χ0) is 13.2. The Balaban J connectivity index is 1.98. The Hall–Kier alpha value is -0.910. The number of ether oxygens (including phenoxy) is 1. The lowest BCUT2D eigenvalue weighted by Crippen LogP contribution is -2.18. The topological polar surface area (TPSA) is 21.3 Å². The van der Waals surface area contributed by atoms with Crippen molar-refractivity contribution < 1.29 is 4.74 Å². The lowest BCUT2D eigenvalue weighted by Gasteiger charge is -2.18. The lowest BCUT2D eigenvalue weighted by molar-refractivity contribution is 0.134. The lowest BCUT2D eigenvalue weighted by atomic mass is 9.96. The molecule has 1 atom stereocenters. The first-order valence-electron chi connectivity index (χ1n) is 6.40. The third-order valence-electron chi connectivity index (χ3n) is 3.55. The first-order valence-corrected chi connectivity index (χ1v) is 7.48. The average Bonchev–Trinajstić information content (AvgIpc) is 2.87. The van der Waals surface area contributed by atoms with Crippen LogP contribution in [-0.4, -0.2) is 7.05 Å². The number of nitrogens with one attached hydrogen (secondary N) is 1. The van der Waals surface area contributed by atoms with Crippen molar-refractivity contribution in [1.82, 2.24) is 5.32 Å². The van der Waals surface area contributed by atoms with Gasteiger partial charge in [0.05, 0.1) is 19.3 Å². The van der Waals surface area contributed by atoms with E-state index in [1.807, 2.05) is 7.05 Å². The summed E-state index contributed by atoms with van der Waals surface area (Å²) < 4.78 is 6.75. The average molecular weight is 365 g/mol. The number of fused-ring (bicyclic) bond motifs is 1. The van der Waals surface area contributed by atoms with Gasteiger partial charge in [-0.05, 0) is 64.0 Å². The molecule has 98 valence electrons. The highest BCUT2D eigenvalue weighted by molar-refractivity contribution is 14.1. The van der Waals surface area contributed by atoms with Gasteiger partial charge in [0.1, 0.15) is 0 Å². The molecule has 0 aromatic heterocycles. The van der Waals surface area contributed by atoms with Gasteiger partial charge in [-0.2, -0.15) is 0 Å². The third-order valence-corrected chi connectivity index (χ3v) is 4.22. The van der Waals surface area contributed by atoms with Crippen molar-refractivity contribution in [1.29, 1.82) is 0 Å². The molecule has 1 aliphatic rings. The maximum atomic E-state index is 5.49. The second-order valence-electron chi connectivity index (χ2n) is 4.80. The zero-order valence-corrected chi connectivity index (χ0v) is 13.0. The fourth-order valence-corrected chi connectivity index (χ4v) is 3.15. The van der Waals surface area contributed by atoms with Crippen LogP contribution < -0.4 is 5.32 Å². The van der Waals surface area contributed by atoms with Crippen molar-refractivity contribution in [2.75, 3.05) is 7.05 Å². The van der Waals surface area contributed by atoms with E-state index >= 15 is 0 Å². The van der Waals surface area contributed by atoms with Crippen molar-refractivity contribution in [3.63, 3.8) is 0 Å². The minimum Gasteiger partial charge on any atom is -0.372 e. The number of halogens is 1. The van der Waals surface area contributed by atoms with Gasteiger partial charge in [-0.15, -0.1) is 0 Å². The van der Waals surface area contributed by atoms with Gasteiger partial charge in [0.2, 0.25) is 0 Å². The molecule has 0 saturated carbocycles. The van der Waals surface area contributed by atoms with E-state index in [1.54, 1.807) is 0 Å². The van der Waals surface area contributed by atoms with Gasteiger partial charge in [0.15, 0.2) is 0 Å². The zero-order valence-electron chi connectivity index (χ0n) is 10.8. The maximum Gasteiger partial charge on any atom is 0.0725 e. The Bertz CT molecular complexity index is 597. The molecule has 3 heteroatoms. The first kappa shape index (κ1) is 13.1. The highest BCUT2D eigenvalue weighted by Gasteiger charge is 2.16. The molecule has 1 heterocycles. The van der Waals surface area contributed by atoms with Crippen LogP contribution in [0.1, 0.15) is 28.3 Å². The normalized spacial score (nSPS) is 15.3. The van der Waals surface area contributed by atoms with Crippen LogP contribution in [0.25, 0.3) is 0 Å². The van der Waals surface area contributed by atoms with E-state index in [1.165, 1.54) is 25.8 Å². The van der Waals surface area contributed by atoms with Crippen LogP contribution in [0.4, 0.5) is 0 Å². The quantitative estimate of drug-likeness (QED) is 0.839. The summed E-state index contributed by atoms with van der Waals surface area (Å²) in [5, 5.41) is 3.41. The van der Waals surface area contributed by atoms with Gasteiger partial charge >= 0.3 is 0 Å². The van der Waals surface area contributed by atoms with Crippen LogP contribution >= 0.6 is 22.6 Å². The number of benzene rings is 2. The molecule has 0 fully saturated rings. The molecule has 19 heavy (non-hydrogen) atoms. The van der Waals surface area contributed by atoms with Crippen molar-refractivity contribution in [2.45, 2.75) is 19.3 Å². The molecule has 1 aliphatic heterocycles. The summed E-state index contributed by atoms with van der Waals surface area (Å²) in [5.41, 5.74) is 5.24. The molecule has 0 spiro atoms. The van der Waals surface area contributed by atoms with Crippen LogP contribution in [0.5, 0.6) is 0 Å². The van der Waals surface area contributed by atoms with Gasteiger partial charge in [0.25, 0.3) is 0 Å². The maximum absolute atomic E-state index is 5.49. The summed E-state index contributed by atoms with van der Waals surface area (Å²) in [6, 6.07) is 15.5. The second-order valence-corrected chi connectivity index (χ2v) is 6.04. The summed E-state index contributed by atoms with van der Waals surface area (Å²) in [5.74, 6) is 0. The molecule has 1 N–H and O–H groups in total. The third kappa shape index (κ3) is 2.68. The second kappa shape index (κ2) is 5.61. The van der Waals surface area contributed by atoms with Gasteiger partial charge < -0.3 is 10.1 Å². The van der Waals surface area contributed by atoms with Crippen LogP contribution in [0.2, 0.25) is 0 Å². The molecule has 2 aromatic rings. The van der Waals surface area contributed by atoms with Gasteiger partial charge in [0, 0.05) is 3.57 Å². The summed E-state index contributed by atoms with van der Waals surface area (Å²) >= 11 is 2.36. The Morgan fingerprint density at radius 2 is 1.84 bits per heavy atom. The van der Waals surface area contributed by atoms with Crippen molar-refractivity contribution in [2.24, 2.45) is 0 Å². The fraction of sp³-hybridized carbons (Fsp3) is 0.250. The van der Waals surface area contributed by atoms with E-state index in [9.17, 15) is 0 Å². The van der Waals surface area contributed by atoms with Crippen LogP contribution in [0.15, 0.2) is 42.5 Å². The standard InChI is InChI=1S/C16H16INO/c1-18-16(11-3-2-4-15(17)8-11)12-5-6-13-9-19-10-14(13)7-12/h2-8,16,18H,9-10H2,1H3. The SMILES string of the molecule is CNC(c1cccc(I)c1)c1ccc2c(c1)COC2. The van der Waals surface area contributed by atoms with E-state index in [4.69, 9.17) is 4.74 Å². The monoisotopic (exact) mass is 365 g/mol. The van der Waals surface area contributed by atoms with E-state index in [0.29, 0.717) is 0 Å². The smallest absolute Gasteiger partial charge is 0.0725 e. The number of hydrogen-bond acceptors (Lipinski definition) is 2. The van der Waals surface area contributed by atoms with Crippen LogP contribution in [0, 0.1) is 3.57 Å².